The van der Waals surface area contributed by atoms with Gasteiger partial charge in [0, 0.05) is 48.9 Å². The number of hydrogen-bond acceptors (Lipinski definition) is 4. The molecule has 0 saturated carbocycles. The molecule has 0 aliphatic heterocycles. The van der Waals surface area contributed by atoms with Gasteiger partial charge in [0.1, 0.15) is 10.0 Å². The fraction of sp³-hybridized carbons (Fsp3) is 0.0154. The predicted molar refractivity (Wildman–Crippen MR) is 306 cm³/mol. The monoisotopic (exact) mass is 996 g/mol. The molecule has 0 unspecified atom stereocenters. The first kappa shape index (κ1) is 43.5. The number of para-hydroxylation sites is 2. The van der Waals surface area contributed by atoms with Crippen molar-refractivity contribution in [2.75, 3.05) is 9.80 Å². The van der Waals surface area contributed by atoms with Crippen molar-refractivity contribution in [3.63, 3.8) is 0 Å². The molecule has 70 heavy (non-hydrogen) atoms. The molecule has 0 N–H and O–H groups in total. The van der Waals surface area contributed by atoms with Gasteiger partial charge in [0.25, 0.3) is 0 Å². The van der Waals surface area contributed by atoms with Crippen LogP contribution in [0.1, 0.15) is 5.56 Å². The number of hydrogen-bond donors (Lipinski definition) is 0. The van der Waals surface area contributed by atoms with Gasteiger partial charge in [-0.25, -0.2) is 0 Å². The van der Waals surface area contributed by atoms with Crippen LogP contribution in [0.5, 0.6) is 0 Å². The van der Waals surface area contributed by atoms with E-state index in [1.165, 1.54) is 64.7 Å². The molecule has 0 radical (unpaired) electrons. The first-order chi connectivity index (χ1) is 34.6. The molecule has 2 heterocycles. The lowest BCUT2D eigenvalue weighted by atomic mass is 9.91. The highest BCUT2D eigenvalue weighted by atomic mass is 79.9. The standard InChI is InChI=1S/C65H45BrN2S2/c1-44-36-38-49(39-37-44)58-60(47-22-6-2-7-23-47)64(67(52-28-10-4-11-29-52)56-34-18-26-45-20-14-16-32-54(45)56)69-62(58)63-59(50-40-42-51(66)43-41-50)61(48-24-8-3-9-25-48)65(70-63)68(53-30-12-5-13-31-53)57-35-19-27-46-21-15-17-33-55(46)57/h2-43H,1H3. The van der Waals surface area contributed by atoms with Crippen LogP contribution >= 0.6 is 38.6 Å². The number of halogens is 1. The Balaban J connectivity index is 1.27. The largest absolute Gasteiger partial charge is 0.301 e. The third kappa shape index (κ3) is 8.02. The average Bonchev–Trinajstić information content (AvgIpc) is 4.00. The zero-order valence-corrected chi connectivity index (χ0v) is 41.6. The first-order valence-electron chi connectivity index (χ1n) is 23.5. The highest BCUT2D eigenvalue weighted by Gasteiger charge is 2.34. The van der Waals surface area contributed by atoms with Gasteiger partial charge in [-0.05, 0) is 88.5 Å². The Morgan fingerprint density at radius 2 is 0.657 bits per heavy atom. The van der Waals surface area contributed by atoms with Crippen LogP contribution < -0.4 is 9.80 Å². The highest BCUT2D eigenvalue weighted by Crippen LogP contribution is 2.62. The van der Waals surface area contributed by atoms with Gasteiger partial charge in [-0.3, -0.25) is 0 Å². The van der Waals surface area contributed by atoms with Gasteiger partial charge in [0.2, 0.25) is 0 Å². The molecule has 0 spiro atoms. The van der Waals surface area contributed by atoms with Crippen molar-refractivity contribution < 1.29 is 0 Å². The normalized spacial score (nSPS) is 11.3. The quantitative estimate of drug-likeness (QED) is 0.127. The molecule has 12 aromatic rings. The summed E-state index contributed by atoms with van der Waals surface area (Å²) in [6.07, 6.45) is 0. The molecule has 2 aromatic heterocycles. The maximum Gasteiger partial charge on any atom is 0.109 e. The van der Waals surface area contributed by atoms with Crippen LogP contribution in [0.25, 0.3) is 75.8 Å². The number of nitrogens with zero attached hydrogens (tertiary/aromatic N) is 2. The van der Waals surface area contributed by atoms with E-state index in [4.69, 9.17) is 0 Å². The fourth-order valence-corrected chi connectivity index (χ4v) is 13.0. The van der Waals surface area contributed by atoms with Gasteiger partial charge in [-0.1, -0.05) is 228 Å². The van der Waals surface area contributed by atoms with Crippen molar-refractivity contribution in [3.8, 4) is 54.3 Å². The van der Waals surface area contributed by atoms with Crippen LogP contribution in [-0.4, -0.2) is 0 Å². The lowest BCUT2D eigenvalue weighted by Gasteiger charge is -2.27. The van der Waals surface area contributed by atoms with E-state index in [1.54, 1.807) is 0 Å². The Morgan fingerprint density at radius 1 is 0.314 bits per heavy atom. The van der Waals surface area contributed by atoms with Crippen molar-refractivity contribution in [1.29, 1.82) is 0 Å². The SMILES string of the molecule is Cc1ccc(-c2c(-c3sc(N(c4ccccc4)c4cccc5ccccc45)c(-c4ccccc4)c3-c3ccc(Br)cc3)sc(N(c3ccccc3)c3cccc4ccccc34)c2-c2ccccc2)cc1. The second-order valence-electron chi connectivity index (χ2n) is 17.4. The van der Waals surface area contributed by atoms with Gasteiger partial charge in [-0.15, -0.1) is 22.7 Å². The summed E-state index contributed by atoms with van der Waals surface area (Å²) < 4.78 is 1.04. The second kappa shape index (κ2) is 18.9. The molecule has 12 rings (SSSR count). The van der Waals surface area contributed by atoms with E-state index < -0.39 is 0 Å². The third-order valence-electron chi connectivity index (χ3n) is 13.0. The number of anilines is 6. The molecule has 0 aliphatic carbocycles. The highest BCUT2D eigenvalue weighted by molar-refractivity contribution is 9.10. The van der Waals surface area contributed by atoms with E-state index in [0.717, 1.165) is 53.9 Å². The molecule has 0 bridgehead atoms. The summed E-state index contributed by atoms with van der Waals surface area (Å²) in [6.45, 7) is 2.17. The smallest absolute Gasteiger partial charge is 0.109 e. The lowest BCUT2D eigenvalue weighted by Crippen LogP contribution is -2.10. The van der Waals surface area contributed by atoms with Crippen molar-refractivity contribution in [1.82, 2.24) is 0 Å². The summed E-state index contributed by atoms with van der Waals surface area (Å²) in [6, 6.07) is 92.8. The fourth-order valence-electron chi connectivity index (χ4n) is 9.80. The molecular formula is C65H45BrN2S2. The van der Waals surface area contributed by atoms with E-state index in [2.05, 4.69) is 287 Å². The molecule has 0 fully saturated rings. The van der Waals surface area contributed by atoms with Crippen LogP contribution in [0, 0.1) is 6.92 Å². The summed E-state index contributed by atoms with van der Waals surface area (Å²) in [7, 11) is 0. The number of benzene rings is 10. The number of thiophene rings is 2. The minimum atomic E-state index is 1.04. The van der Waals surface area contributed by atoms with Crippen LogP contribution in [-0.2, 0) is 0 Å². The summed E-state index contributed by atoms with van der Waals surface area (Å²) in [5, 5.41) is 7.05. The summed E-state index contributed by atoms with van der Waals surface area (Å²) in [5.41, 5.74) is 15.0. The minimum absolute atomic E-state index is 1.04. The van der Waals surface area contributed by atoms with Gasteiger partial charge < -0.3 is 9.80 Å². The van der Waals surface area contributed by atoms with Crippen LogP contribution in [0.15, 0.2) is 259 Å². The first-order valence-corrected chi connectivity index (χ1v) is 26.0. The Morgan fingerprint density at radius 3 is 1.09 bits per heavy atom. The van der Waals surface area contributed by atoms with Crippen LogP contribution in [0.2, 0.25) is 0 Å². The van der Waals surface area contributed by atoms with Gasteiger partial charge in [0.15, 0.2) is 0 Å². The molecule has 0 amide bonds. The molecule has 2 nitrogen and oxygen atoms in total. The van der Waals surface area contributed by atoms with Crippen molar-refractivity contribution >= 4 is 92.9 Å². The van der Waals surface area contributed by atoms with Gasteiger partial charge >= 0.3 is 0 Å². The minimum Gasteiger partial charge on any atom is -0.301 e. The maximum absolute atomic E-state index is 3.81. The molecule has 0 saturated heterocycles. The van der Waals surface area contributed by atoms with Crippen molar-refractivity contribution in [2.45, 2.75) is 6.92 Å². The summed E-state index contributed by atoms with van der Waals surface area (Å²) in [5.74, 6) is 0. The lowest BCUT2D eigenvalue weighted by molar-refractivity contribution is 1.33. The Labute approximate surface area is 425 Å². The Kier molecular flexibility index (Phi) is 11.8. The zero-order valence-electron chi connectivity index (χ0n) is 38.3. The van der Waals surface area contributed by atoms with Crippen molar-refractivity contribution in [2.24, 2.45) is 0 Å². The van der Waals surface area contributed by atoms with E-state index in [-0.39, 0.29) is 0 Å². The average molecular weight is 998 g/mol. The van der Waals surface area contributed by atoms with Crippen molar-refractivity contribution in [3.05, 3.63) is 265 Å². The van der Waals surface area contributed by atoms with Gasteiger partial charge in [0.05, 0.1) is 21.1 Å². The second-order valence-corrected chi connectivity index (χ2v) is 20.3. The molecule has 334 valence electrons. The van der Waals surface area contributed by atoms with E-state index >= 15 is 0 Å². The van der Waals surface area contributed by atoms with E-state index in [1.807, 2.05) is 22.7 Å². The summed E-state index contributed by atoms with van der Waals surface area (Å²) in [4.78, 5) is 7.42. The molecular weight excluding hydrogens is 953 g/mol. The summed E-state index contributed by atoms with van der Waals surface area (Å²) >= 11 is 7.58. The number of rotatable bonds is 11. The van der Waals surface area contributed by atoms with Gasteiger partial charge in [-0.2, -0.15) is 0 Å². The van der Waals surface area contributed by atoms with Crippen LogP contribution in [0.4, 0.5) is 32.8 Å². The molecule has 5 heteroatoms. The number of fused-ring (bicyclic) bond motifs is 2. The Hall–Kier alpha value is -7.80. The van der Waals surface area contributed by atoms with E-state index in [9.17, 15) is 0 Å². The maximum atomic E-state index is 3.81. The molecule has 10 aromatic carbocycles. The number of aryl methyl sites for hydroxylation is 1. The van der Waals surface area contributed by atoms with Crippen LogP contribution in [0.3, 0.4) is 0 Å². The molecule has 0 atom stereocenters. The zero-order chi connectivity index (χ0) is 47.0. The molecule has 0 aliphatic rings. The topological polar surface area (TPSA) is 6.48 Å². The Bertz CT molecular complexity index is 3510. The predicted octanol–water partition coefficient (Wildman–Crippen LogP) is 20.5. The van der Waals surface area contributed by atoms with E-state index in [0.29, 0.717) is 0 Å². The third-order valence-corrected chi connectivity index (χ3v) is 16.1.